The molecule has 0 amide bonds. The van der Waals surface area contributed by atoms with Crippen LogP contribution in [0.2, 0.25) is 5.02 Å². The molecule has 2 aromatic carbocycles. The van der Waals surface area contributed by atoms with Gasteiger partial charge in [-0.2, -0.15) is 4.31 Å². The molecule has 1 saturated heterocycles. The molecule has 0 N–H and O–H groups in total. The number of benzene rings is 2. The number of piperazine rings is 1. The summed E-state index contributed by atoms with van der Waals surface area (Å²) < 4.78 is 46.0. The molecule has 2 aromatic rings. The fourth-order valence-corrected chi connectivity index (χ4v) is 4.81. The monoisotopic (exact) mass is 440 g/mol. The minimum Gasteiger partial charge on any atom is -0.462 e. The molecule has 0 radical (unpaired) electrons. The lowest BCUT2D eigenvalue weighted by atomic mass is 10.2. The van der Waals surface area contributed by atoms with E-state index in [9.17, 15) is 17.6 Å². The molecule has 1 fully saturated rings. The summed E-state index contributed by atoms with van der Waals surface area (Å²) >= 11 is 6.08. The van der Waals surface area contributed by atoms with Crippen molar-refractivity contribution in [2.45, 2.75) is 18.4 Å². The summed E-state index contributed by atoms with van der Waals surface area (Å²) in [5.74, 6) is -0.855. The predicted octanol–water partition coefficient (Wildman–Crippen LogP) is 3.16. The van der Waals surface area contributed by atoms with Crippen molar-refractivity contribution >= 4 is 27.6 Å². The third-order valence-corrected chi connectivity index (χ3v) is 7.04. The van der Waals surface area contributed by atoms with Crippen LogP contribution in [0.5, 0.6) is 0 Å². The van der Waals surface area contributed by atoms with Crippen molar-refractivity contribution in [3.63, 3.8) is 0 Å². The molecule has 29 heavy (non-hydrogen) atoms. The zero-order chi connectivity index (χ0) is 21.0. The highest BCUT2D eigenvalue weighted by molar-refractivity contribution is 7.89. The van der Waals surface area contributed by atoms with Crippen molar-refractivity contribution in [2.75, 3.05) is 32.8 Å². The maximum Gasteiger partial charge on any atom is 0.338 e. The SMILES string of the molecule is CCOC(=O)c1ccc(S(=O)(=O)N2CCN(Cc3c(F)cccc3Cl)CC2)cc1. The molecule has 156 valence electrons. The van der Waals surface area contributed by atoms with E-state index >= 15 is 0 Å². The maximum atomic E-state index is 14.0. The average Bonchev–Trinajstić information content (AvgIpc) is 2.71. The van der Waals surface area contributed by atoms with Crippen LogP contribution in [0.15, 0.2) is 47.4 Å². The van der Waals surface area contributed by atoms with Gasteiger partial charge < -0.3 is 4.74 Å². The lowest BCUT2D eigenvalue weighted by Crippen LogP contribution is -2.48. The minimum absolute atomic E-state index is 0.121. The maximum absolute atomic E-state index is 14.0. The van der Waals surface area contributed by atoms with Gasteiger partial charge in [0.15, 0.2) is 0 Å². The number of sulfonamides is 1. The van der Waals surface area contributed by atoms with E-state index in [0.29, 0.717) is 35.8 Å². The Balaban J connectivity index is 1.64. The molecule has 1 aliphatic rings. The van der Waals surface area contributed by atoms with Gasteiger partial charge in [-0.05, 0) is 43.3 Å². The van der Waals surface area contributed by atoms with Crippen LogP contribution in [0.4, 0.5) is 4.39 Å². The Labute approximate surface area is 174 Å². The normalized spacial score (nSPS) is 16.0. The number of hydrogen-bond donors (Lipinski definition) is 0. The Morgan fingerprint density at radius 3 is 2.34 bits per heavy atom. The Bertz CT molecular complexity index is 954. The van der Waals surface area contributed by atoms with E-state index < -0.39 is 16.0 Å². The summed E-state index contributed by atoms with van der Waals surface area (Å²) in [6.45, 7) is 3.78. The van der Waals surface area contributed by atoms with E-state index in [1.807, 2.05) is 4.90 Å². The molecule has 9 heteroatoms. The first-order chi connectivity index (χ1) is 13.8. The van der Waals surface area contributed by atoms with Crippen molar-refractivity contribution < 1.29 is 22.3 Å². The Hall–Kier alpha value is -2.00. The fourth-order valence-electron chi connectivity index (χ4n) is 3.16. The number of carbonyl (C=O) groups is 1. The predicted molar refractivity (Wildman–Crippen MR) is 108 cm³/mol. The molecular weight excluding hydrogens is 419 g/mol. The average molecular weight is 441 g/mol. The summed E-state index contributed by atoms with van der Waals surface area (Å²) in [5.41, 5.74) is 0.720. The second-order valence-electron chi connectivity index (χ2n) is 6.63. The Morgan fingerprint density at radius 1 is 1.10 bits per heavy atom. The van der Waals surface area contributed by atoms with Gasteiger partial charge in [-0.3, -0.25) is 4.90 Å². The fraction of sp³-hybridized carbons (Fsp3) is 0.350. The highest BCUT2D eigenvalue weighted by Gasteiger charge is 2.29. The van der Waals surface area contributed by atoms with Crippen molar-refractivity contribution in [2.24, 2.45) is 0 Å². The number of nitrogens with zero attached hydrogens (tertiary/aromatic N) is 2. The summed E-state index contributed by atoms with van der Waals surface area (Å²) in [4.78, 5) is 13.8. The first-order valence-electron chi connectivity index (χ1n) is 9.25. The molecule has 1 heterocycles. The molecule has 0 atom stereocenters. The van der Waals surface area contributed by atoms with Crippen LogP contribution in [0.25, 0.3) is 0 Å². The molecule has 6 nitrogen and oxygen atoms in total. The quantitative estimate of drug-likeness (QED) is 0.645. The van der Waals surface area contributed by atoms with Crippen LogP contribution >= 0.6 is 11.6 Å². The Morgan fingerprint density at radius 2 is 1.76 bits per heavy atom. The second kappa shape index (κ2) is 9.21. The van der Waals surface area contributed by atoms with Crippen molar-refractivity contribution in [3.05, 3.63) is 64.4 Å². The van der Waals surface area contributed by atoms with Crippen LogP contribution in [-0.4, -0.2) is 56.4 Å². The number of hydrogen-bond acceptors (Lipinski definition) is 5. The first-order valence-corrected chi connectivity index (χ1v) is 11.1. The molecule has 0 saturated carbocycles. The van der Waals surface area contributed by atoms with E-state index in [2.05, 4.69) is 0 Å². The standard InChI is InChI=1S/C20H22ClFN2O4S/c1-2-28-20(25)15-6-8-16(9-7-15)29(26,27)24-12-10-23(11-13-24)14-17-18(21)4-3-5-19(17)22/h3-9H,2,10-14H2,1H3. The minimum atomic E-state index is -3.67. The van der Waals surface area contributed by atoms with Gasteiger partial charge in [0.2, 0.25) is 10.0 Å². The van der Waals surface area contributed by atoms with Gasteiger partial charge in [-0.15, -0.1) is 0 Å². The van der Waals surface area contributed by atoms with Crippen LogP contribution < -0.4 is 0 Å². The summed E-state index contributed by atoms with van der Waals surface area (Å²) in [6.07, 6.45) is 0. The summed E-state index contributed by atoms with van der Waals surface area (Å²) in [6, 6.07) is 10.3. The lowest BCUT2D eigenvalue weighted by Gasteiger charge is -2.34. The van der Waals surface area contributed by atoms with E-state index in [4.69, 9.17) is 16.3 Å². The van der Waals surface area contributed by atoms with Gasteiger partial charge in [0.1, 0.15) is 5.82 Å². The third kappa shape index (κ3) is 4.95. The van der Waals surface area contributed by atoms with Crippen LogP contribution in [0.1, 0.15) is 22.8 Å². The summed E-state index contributed by atoms with van der Waals surface area (Å²) in [5, 5.41) is 0.363. The molecule has 0 bridgehead atoms. The molecule has 0 aromatic heterocycles. The molecule has 0 aliphatic carbocycles. The summed E-state index contributed by atoms with van der Waals surface area (Å²) in [7, 11) is -3.67. The van der Waals surface area contributed by atoms with Crippen LogP contribution in [-0.2, 0) is 21.3 Å². The molecule has 0 unspecified atom stereocenters. The van der Waals surface area contributed by atoms with Gasteiger partial charge in [0.25, 0.3) is 0 Å². The molecular formula is C20H22ClFN2O4S. The number of esters is 1. The van der Waals surface area contributed by atoms with E-state index in [0.717, 1.165) is 0 Å². The zero-order valence-electron chi connectivity index (χ0n) is 16.0. The molecule has 3 rings (SSSR count). The van der Waals surface area contributed by atoms with E-state index in [-0.39, 0.29) is 30.4 Å². The topological polar surface area (TPSA) is 66.9 Å². The third-order valence-electron chi connectivity index (χ3n) is 4.78. The highest BCUT2D eigenvalue weighted by atomic mass is 35.5. The zero-order valence-corrected chi connectivity index (χ0v) is 17.5. The smallest absolute Gasteiger partial charge is 0.338 e. The first kappa shape index (κ1) is 21.7. The van der Waals surface area contributed by atoms with Gasteiger partial charge in [-0.1, -0.05) is 17.7 Å². The number of halogens is 2. The molecule has 1 aliphatic heterocycles. The van der Waals surface area contributed by atoms with Gasteiger partial charge in [-0.25, -0.2) is 17.6 Å². The second-order valence-corrected chi connectivity index (χ2v) is 8.97. The van der Waals surface area contributed by atoms with Crippen molar-refractivity contribution in [1.82, 2.24) is 9.21 Å². The largest absolute Gasteiger partial charge is 0.462 e. The van der Waals surface area contributed by atoms with E-state index in [1.165, 1.54) is 34.6 Å². The van der Waals surface area contributed by atoms with Gasteiger partial charge in [0, 0.05) is 43.3 Å². The molecule has 0 spiro atoms. The lowest BCUT2D eigenvalue weighted by molar-refractivity contribution is 0.0526. The number of ether oxygens (including phenoxy) is 1. The van der Waals surface area contributed by atoms with Crippen molar-refractivity contribution in [3.8, 4) is 0 Å². The van der Waals surface area contributed by atoms with Crippen LogP contribution in [0, 0.1) is 5.82 Å². The van der Waals surface area contributed by atoms with Gasteiger partial charge >= 0.3 is 5.97 Å². The van der Waals surface area contributed by atoms with E-state index in [1.54, 1.807) is 19.1 Å². The van der Waals surface area contributed by atoms with Crippen molar-refractivity contribution in [1.29, 1.82) is 0 Å². The van der Waals surface area contributed by atoms with Crippen LogP contribution in [0.3, 0.4) is 0 Å². The Kier molecular flexibility index (Phi) is 6.89. The highest BCUT2D eigenvalue weighted by Crippen LogP contribution is 2.23. The van der Waals surface area contributed by atoms with Gasteiger partial charge in [0.05, 0.1) is 17.1 Å². The number of carbonyl (C=O) groups excluding carboxylic acids is 1. The number of rotatable bonds is 6.